The molecule has 1 saturated carbocycles. The molecule has 0 radical (unpaired) electrons. The van der Waals surface area contributed by atoms with Crippen LogP contribution in [-0.2, 0) is 9.53 Å². The van der Waals surface area contributed by atoms with Crippen molar-refractivity contribution >= 4 is 11.5 Å². The van der Waals surface area contributed by atoms with Crippen molar-refractivity contribution in [3.63, 3.8) is 0 Å². The van der Waals surface area contributed by atoms with Gasteiger partial charge in [0.1, 0.15) is 5.76 Å². The molecule has 3 nitrogen and oxygen atoms in total. The minimum Gasteiger partial charge on any atom is -0.431 e. The van der Waals surface area contributed by atoms with E-state index in [2.05, 4.69) is 49.2 Å². The maximum Gasteiger partial charge on any atom is 0.307 e. The van der Waals surface area contributed by atoms with Gasteiger partial charge >= 0.3 is 5.97 Å². The van der Waals surface area contributed by atoms with Crippen LogP contribution in [-0.4, -0.2) is 11.0 Å². The van der Waals surface area contributed by atoms with E-state index in [1.807, 2.05) is 12.4 Å². The fourth-order valence-corrected chi connectivity index (χ4v) is 7.10. The molecule has 152 valence electrons. The van der Waals surface area contributed by atoms with Gasteiger partial charge in [0.15, 0.2) is 0 Å². The highest BCUT2D eigenvalue weighted by Crippen LogP contribution is 2.66. The Hall–Kier alpha value is -2.16. The topological polar surface area (TPSA) is 39.2 Å². The van der Waals surface area contributed by atoms with Crippen LogP contribution in [0, 0.1) is 28.6 Å². The van der Waals surface area contributed by atoms with Gasteiger partial charge in [0, 0.05) is 25.7 Å². The molecule has 1 fully saturated rings. The van der Waals surface area contributed by atoms with Crippen molar-refractivity contribution in [1.82, 2.24) is 4.98 Å². The second-order valence-corrected chi connectivity index (χ2v) is 9.95. The molecule has 0 aliphatic heterocycles. The SMILES string of the molecule is CC(=O)OC1=CC2=CC[C@@H]3[C@H](CC[C@]4(C)C(c5cccnc5)=CC[C@@H]34)[C@@]2(C)CC1. The number of nitrogens with zero attached hydrogens (tertiary/aromatic N) is 1. The highest BCUT2D eigenvalue weighted by molar-refractivity contribution is 5.72. The fraction of sp³-hybridized carbons (Fsp3) is 0.538. The third-order valence-electron chi connectivity index (χ3n) is 8.56. The molecule has 1 aromatic rings. The van der Waals surface area contributed by atoms with E-state index >= 15 is 0 Å². The van der Waals surface area contributed by atoms with Crippen LogP contribution in [0.2, 0.25) is 0 Å². The zero-order valence-corrected chi connectivity index (χ0v) is 17.8. The molecule has 29 heavy (non-hydrogen) atoms. The van der Waals surface area contributed by atoms with Crippen LogP contribution in [0.1, 0.15) is 64.9 Å². The van der Waals surface area contributed by atoms with Gasteiger partial charge in [0.2, 0.25) is 0 Å². The number of hydrogen-bond acceptors (Lipinski definition) is 3. The summed E-state index contributed by atoms with van der Waals surface area (Å²) in [5.74, 6) is 2.81. The van der Waals surface area contributed by atoms with Crippen LogP contribution < -0.4 is 0 Å². The van der Waals surface area contributed by atoms with Crippen LogP contribution in [0.4, 0.5) is 0 Å². The molecule has 0 saturated heterocycles. The van der Waals surface area contributed by atoms with Gasteiger partial charge < -0.3 is 4.74 Å². The van der Waals surface area contributed by atoms with Gasteiger partial charge in [-0.15, -0.1) is 0 Å². The van der Waals surface area contributed by atoms with Crippen molar-refractivity contribution in [1.29, 1.82) is 0 Å². The Balaban J connectivity index is 1.45. The van der Waals surface area contributed by atoms with Gasteiger partial charge in [-0.25, -0.2) is 0 Å². The molecule has 0 amide bonds. The minimum atomic E-state index is -0.206. The number of hydrogen-bond donors (Lipinski definition) is 0. The molecule has 4 aliphatic carbocycles. The van der Waals surface area contributed by atoms with Gasteiger partial charge in [0.25, 0.3) is 0 Å². The summed E-state index contributed by atoms with van der Waals surface area (Å²) in [7, 11) is 0. The number of esters is 1. The van der Waals surface area contributed by atoms with E-state index in [0.29, 0.717) is 5.92 Å². The number of fused-ring (bicyclic) bond motifs is 5. The molecule has 0 unspecified atom stereocenters. The summed E-state index contributed by atoms with van der Waals surface area (Å²) in [6, 6.07) is 4.28. The standard InChI is InChI=1S/C26H31NO2/c1-17(28)29-20-10-12-25(2)19(15-20)6-7-21-23-9-8-22(18-5-4-14-27-16-18)26(23,3)13-11-24(21)25/h4-6,8,14-16,21,23-24H,7,9-13H2,1-3H3/t21-,23-,24-,25-,26+/m0/s1. The molecule has 1 heterocycles. The summed E-state index contributed by atoms with van der Waals surface area (Å²) >= 11 is 0. The number of carbonyl (C=O) groups excluding carboxylic acids is 1. The molecule has 4 aliphatic rings. The number of aromatic nitrogens is 1. The van der Waals surface area contributed by atoms with Gasteiger partial charge in [-0.2, -0.15) is 0 Å². The molecule has 0 spiro atoms. The number of pyridine rings is 1. The monoisotopic (exact) mass is 389 g/mol. The van der Waals surface area contributed by atoms with Crippen molar-refractivity contribution in [2.45, 2.75) is 59.3 Å². The van der Waals surface area contributed by atoms with E-state index in [-0.39, 0.29) is 16.8 Å². The lowest BCUT2D eigenvalue weighted by molar-refractivity contribution is -0.137. The summed E-state index contributed by atoms with van der Waals surface area (Å²) in [4.78, 5) is 15.8. The Kier molecular flexibility index (Phi) is 4.34. The average molecular weight is 390 g/mol. The van der Waals surface area contributed by atoms with Crippen molar-refractivity contribution in [3.8, 4) is 0 Å². The molecular weight excluding hydrogens is 358 g/mol. The van der Waals surface area contributed by atoms with Crippen molar-refractivity contribution in [2.75, 3.05) is 0 Å². The molecule has 3 heteroatoms. The summed E-state index contributed by atoms with van der Waals surface area (Å²) in [5.41, 5.74) is 4.71. The lowest BCUT2D eigenvalue weighted by Crippen LogP contribution is -2.48. The predicted octanol–water partition coefficient (Wildman–Crippen LogP) is 6.09. The highest BCUT2D eigenvalue weighted by atomic mass is 16.5. The zero-order valence-electron chi connectivity index (χ0n) is 17.8. The van der Waals surface area contributed by atoms with Gasteiger partial charge in [-0.3, -0.25) is 9.78 Å². The summed E-state index contributed by atoms with van der Waals surface area (Å²) < 4.78 is 5.44. The van der Waals surface area contributed by atoms with Crippen LogP contribution in [0.25, 0.3) is 5.57 Å². The van der Waals surface area contributed by atoms with Gasteiger partial charge in [-0.1, -0.05) is 32.1 Å². The predicted molar refractivity (Wildman–Crippen MR) is 115 cm³/mol. The molecule has 5 rings (SSSR count). The summed E-state index contributed by atoms with van der Waals surface area (Å²) in [6.45, 7) is 6.46. The van der Waals surface area contributed by atoms with Crippen LogP contribution >= 0.6 is 0 Å². The summed E-state index contributed by atoms with van der Waals surface area (Å²) in [5, 5.41) is 0. The minimum absolute atomic E-state index is 0.206. The smallest absolute Gasteiger partial charge is 0.307 e. The van der Waals surface area contributed by atoms with Crippen molar-refractivity contribution in [2.24, 2.45) is 28.6 Å². The molecule has 0 aromatic carbocycles. The van der Waals surface area contributed by atoms with Crippen LogP contribution in [0.15, 0.2) is 54.1 Å². The third kappa shape index (κ3) is 2.85. The summed E-state index contributed by atoms with van der Waals surface area (Å²) in [6.07, 6.45) is 17.9. The van der Waals surface area contributed by atoms with E-state index in [0.717, 1.165) is 36.9 Å². The van der Waals surface area contributed by atoms with E-state index in [1.54, 1.807) is 0 Å². The Bertz CT molecular complexity index is 927. The third-order valence-corrected chi connectivity index (χ3v) is 8.56. The van der Waals surface area contributed by atoms with Crippen molar-refractivity contribution < 1.29 is 9.53 Å². The first-order chi connectivity index (χ1) is 13.9. The molecule has 0 bridgehead atoms. The largest absolute Gasteiger partial charge is 0.431 e. The maximum absolute atomic E-state index is 11.4. The lowest BCUT2D eigenvalue weighted by atomic mass is 9.48. The van der Waals surface area contributed by atoms with Crippen LogP contribution in [0.5, 0.6) is 0 Å². The first-order valence-corrected chi connectivity index (χ1v) is 11.1. The number of allylic oxidation sites excluding steroid dienone is 6. The first kappa shape index (κ1) is 18.8. The average Bonchev–Trinajstić information content (AvgIpc) is 3.06. The Morgan fingerprint density at radius 2 is 2.00 bits per heavy atom. The normalized spacial score (nSPS) is 38.0. The number of carbonyl (C=O) groups is 1. The quantitative estimate of drug-likeness (QED) is 0.574. The van der Waals surface area contributed by atoms with E-state index in [4.69, 9.17) is 4.74 Å². The van der Waals surface area contributed by atoms with E-state index in [9.17, 15) is 4.79 Å². The Morgan fingerprint density at radius 3 is 2.76 bits per heavy atom. The van der Waals surface area contributed by atoms with Crippen molar-refractivity contribution in [3.05, 3.63) is 59.7 Å². The molecule has 5 atom stereocenters. The Morgan fingerprint density at radius 1 is 1.14 bits per heavy atom. The molecule has 0 N–H and O–H groups in total. The number of rotatable bonds is 2. The zero-order chi connectivity index (χ0) is 20.2. The van der Waals surface area contributed by atoms with Gasteiger partial charge in [0.05, 0.1) is 0 Å². The fourth-order valence-electron chi connectivity index (χ4n) is 7.10. The van der Waals surface area contributed by atoms with E-state index < -0.39 is 0 Å². The van der Waals surface area contributed by atoms with Crippen LogP contribution in [0.3, 0.4) is 0 Å². The highest BCUT2D eigenvalue weighted by Gasteiger charge is 2.56. The second-order valence-electron chi connectivity index (χ2n) is 9.95. The molecule has 1 aromatic heterocycles. The first-order valence-electron chi connectivity index (χ1n) is 11.1. The van der Waals surface area contributed by atoms with Gasteiger partial charge in [-0.05, 0) is 89.5 Å². The Labute approximate surface area is 173 Å². The lowest BCUT2D eigenvalue weighted by Gasteiger charge is -2.56. The number of ether oxygens (including phenoxy) is 1. The maximum atomic E-state index is 11.4. The second kappa shape index (κ2) is 6.68. The van der Waals surface area contributed by atoms with E-state index in [1.165, 1.54) is 42.9 Å². The molecular formula is C26H31NO2.